The first-order valence-electron chi connectivity index (χ1n) is 9.25. The third-order valence-electron chi connectivity index (χ3n) is 4.96. The molecule has 1 saturated heterocycles. The van der Waals surface area contributed by atoms with Crippen LogP contribution in [0.25, 0.3) is 10.9 Å². The number of nitrogens with one attached hydrogen (secondary N) is 3. The average molecular weight is 357 g/mol. The summed E-state index contributed by atoms with van der Waals surface area (Å²) in [6.45, 7) is 7.69. The van der Waals surface area contributed by atoms with Gasteiger partial charge in [0.05, 0.1) is 0 Å². The van der Waals surface area contributed by atoms with Crippen LogP contribution in [0, 0.1) is 5.82 Å². The molecule has 1 aliphatic rings. The summed E-state index contributed by atoms with van der Waals surface area (Å²) in [5, 5.41) is 7.83. The molecule has 2 heterocycles. The van der Waals surface area contributed by atoms with Gasteiger partial charge in [-0.05, 0) is 43.0 Å². The molecule has 5 nitrogen and oxygen atoms in total. The van der Waals surface area contributed by atoms with Crippen LogP contribution >= 0.6 is 0 Å². The van der Waals surface area contributed by atoms with E-state index < -0.39 is 0 Å². The highest BCUT2D eigenvalue weighted by atomic mass is 19.1. The summed E-state index contributed by atoms with van der Waals surface area (Å²) < 4.78 is 13.5. The summed E-state index contributed by atoms with van der Waals surface area (Å²) in [6, 6.07) is 5.29. The number of halogens is 1. The van der Waals surface area contributed by atoms with Crippen molar-refractivity contribution in [1.82, 2.24) is 20.5 Å². The maximum atomic E-state index is 13.5. The highest BCUT2D eigenvalue weighted by Crippen LogP contribution is 2.19. The summed E-state index contributed by atoms with van der Waals surface area (Å²) in [5.41, 5.74) is 2.08. The van der Waals surface area contributed by atoms with Crippen molar-refractivity contribution in [3.63, 3.8) is 0 Å². The first-order valence-corrected chi connectivity index (χ1v) is 9.25. The monoisotopic (exact) mass is 357 g/mol. The highest BCUT2D eigenvalue weighted by molar-refractivity contribution is 5.83. The Balaban J connectivity index is 1.47. The van der Waals surface area contributed by atoms with E-state index in [0.29, 0.717) is 6.04 Å². The fourth-order valence-electron chi connectivity index (χ4n) is 3.50. The van der Waals surface area contributed by atoms with E-state index in [0.717, 1.165) is 67.9 Å². The molecule has 0 radical (unpaired) electrons. The van der Waals surface area contributed by atoms with Gasteiger partial charge in [0.2, 0.25) is 0 Å². The molecule has 1 aromatic carbocycles. The fourth-order valence-corrected chi connectivity index (χ4v) is 3.50. The first kappa shape index (κ1) is 18.5. The molecule has 2 aromatic rings. The first-order chi connectivity index (χ1) is 12.7. The minimum Gasteiger partial charge on any atom is -0.361 e. The summed E-state index contributed by atoms with van der Waals surface area (Å²) in [6.07, 6.45) is 6.94. The lowest BCUT2D eigenvalue weighted by molar-refractivity contribution is 0.225. The quantitative estimate of drug-likeness (QED) is 0.423. The molecular formula is C20H28FN5. The van der Waals surface area contributed by atoms with Crippen molar-refractivity contribution in [3.8, 4) is 0 Å². The zero-order valence-electron chi connectivity index (χ0n) is 15.4. The Morgan fingerprint density at radius 1 is 1.42 bits per heavy atom. The number of H-pyrrole nitrogens is 1. The van der Waals surface area contributed by atoms with Gasteiger partial charge < -0.3 is 15.6 Å². The molecular weight excluding hydrogens is 329 g/mol. The van der Waals surface area contributed by atoms with Gasteiger partial charge in [-0.3, -0.25) is 9.89 Å². The second-order valence-electron chi connectivity index (χ2n) is 6.76. The number of fused-ring (bicyclic) bond motifs is 1. The Kier molecular flexibility index (Phi) is 6.28. The molecule has 1 aromatic heterocycles. The van der Waals surface area contributed by atoms with Crippen molar-refractivity contribution >= 4 is 16.9 Å². The van der Waals surface area contributed by atoms with Crippen LogP contribution in [-0.2, 0) is 6.42 Å². The van der Waals surface area contributed by atoms with E-state index in [-0.39, 0.29) is 5.82 Å². The van der Waals surface area contributed by atoms with Gasteiger partial charge in [0.15, 0.2) is 5.96 Å². The molecule has 3 N–H and O–H groups in total. The molecule has 0 amide bonds. The van der Waals surface area contributed by atoms with Gasteiger partial charge >= 0.3 is 0 Å². The number of aromatic amines is 1. The third-order valence-corrected chi connectivity index (χ3v) is 4.96. The lowest BCUT2D eigenvalue weighted by Gasteiger charge is -2.32. The molecule has 140 valence electrons. The average Bonchev–Trinajstić information content (AvgIpc) is 3.05. The normalized spacial score (nSPS) is 16.8. The molecule has 0 saturated carbocycles. The van der Waals surface area contributed by atoms with E-state index in [4.69, 9.17) is 0 Å². The van der Waals surface area contributed by atoms with Gasteiger partial charge in [0.1, 0.15) is 5.82 Å². The van der Waals surface area contributed by atoms with Crippen molar-refractivity contribution in [2.75, 3.05) is 33.2 Å². The van der Waals surface area contributed by atoms with Crippen molar-refractivity contribution in [3.05, 3.63) is 48.4 Å². The number of aliphatic imine (C=N–C) groups is 1. The Bertz CT molecular complexity index is 759. The molecule has 0 spiro atoms. The number of rotatable bonds is 6. The van der Waals surface area contributed by atoms with Crippen LogP contribution in [0.15, 0.2) is 42.0 Å². The van der Waals surface area contributed by atoms with Gasteiger partial charge in [-0.15, -0.1) is 6.58 Å². The molecule has 0 unspecified atom stereocenters. The Labute approximate surface area is 154 Å². The van der Waals surface area contributed by atoms with Gasteiger partial charge in [-0.2, -0.15) is 0 Å². The number of benzene rings is 1. The van der Waals surface area contributed by atoms with Crippen molar-refractivity contribution in [1.29, 1.82) is 0 Å². The van der Waals surface area contributed by atoms with Crippen molar-refractivity contribution in [2.45, 2.75) is 25.3 Å². The maximum absolute atomic E-state index is 13.5. The molecule has 1 aliphatic heterocycles. The lowest BCUT2D eigenvalue weighted by atomic mass is 10.1. The predicted molar refractivity (Wildman–Crippen MR) is 106 cm³/mol. The number of likely N-dealkylation sites (tertiary alicyclic amines) is 1. The number of aromatic nitrogens is 1. The molecule has 3 rings (SSSR count). The summed E-state index contributed by atoms with van der Waals surface area (Å²) >= 11 is 0. The highest BCUT2D eigenvalue weighted by Gasteiger charge is 2.19. The second kappa shape index (κ2) is 8.85. The van der Waals surface area contributed by atoms with Crippen LogP contribution in [0.2, 0.25) is 0 Å². The van der Waals surface area contributed by atoms with Gasteiger partial charge in [0, 0.05) is 56.4 Å². The number of hydrogen-bond acceptors (Lipinski definition) is 2. The minimum absolute atomic E-state index is 0.202. The zero-order valence-corrected chi connectivity index (χ0v) is 15.4. The summed E-state index contributed by atoms with van der Waals surface area (Å²) in [7, 11) is 1.79. The number of guanidine groups is 1. The van der Waals surface area contributed by atoms with Crippen molar-refractivity contribution in [2.24, 2.45) is 4.99 Å². The fraction of sp³-hybridized carbons (Fsp3) is 0.450. The molecule has 26 heavy (non-hydrogen) atoms. The summed E-state index contributed by atoms with van der Waals surface area (Å²) in [5.74, 6) is 0.629. The van der Waals surface area contributed by atoms with Crippen LogP contribution in [0.4, 0.5) is 4.39 Å². The zero-order chi connectivity index (χ0) is 18.4. The molecule has 1 fully saturated rings. The van der Waals surface area contributed by atoms with E-state index in [2.05, 4.69) is 32.1 Å². The SMILES string of the molecule is C=CCN1CCC(NC(=NC)NCCc2c[nH]c3ccc(F)cc23)CC1. The minimum atomic E-state index is -0.202. The van der Waals surface area contributed by atoms with Crippen LogP contribution in [0.3, 0.4) is 0 Å². The van der Waals surface area contributed by atoms with Crippen LogP contribution in [-0.4, -0.2) is 55.1 Å². The van der Waals surface area contributed by atoms with E-state index in [1.165, 1.54) is 6.07 Å². The predicted octanol–water partition coefficient (Wildman–Crippen LogP) is 2.66. The standard InChI is InChI=1S/C20H28FN5/c1-3-10-26-11-7-17(8-12-26)25-20(22-2)23-9-6-15-14-24-19-5-4-16(21)13-18(15)19/h3-5,13-14,17,24H,1,6-12H2,2H3,(H2,22,23,25). The van der Waals surface area contributed by atoms with E-state index in [1.54, 1.807) is 19.2 Å². The lowest BCUT2D eigenvalue weighted by Crippen LogP contribution is -2.49. The number of piperidine rings is 1. The maximum Gasteiger partial charge on any atom is 0.191 e. The van der Waals surface area contributed by atoms with Gasteiger partial charge in [-0.25, -0.2) is 4.39 Å². The number of nitrogens with zero attached hydrogens (tertiary/aromatic N) is 2. The van der Waals surface area contributed by atoms with Gasteiger partial charge in [0.25, 0.3) is 0 Å². The largest absolute Gasteiger partial charge is 0.361 e. The van der Waals surface area contributed by atoms with Crippen LogP contribution in [0.1, 0.15) is 18.4 Å². The Morgan fingerprint density at radius 2 is 2.23 bits per heavy atom. The van der Waals surface area contributed by atoms with E-state index >= 15 is 0 Å². The summed E-state index contributed by atoms with van der Waals surface area (Å²) in [4.78, 5) is 9.94. The molecule has 0 bridgehead atoms. The third kappa shape index (κ3) is 4.64. The van der Waals surface area contributed by atoms with E-state index in [9.17, 15) is 4.39 Å². The van der Waals surface area contributed by atoms with Crippen LogP contribution < -0.4 is 10.6 Å². The second-order valence-corrected chi connectivity index (χ2v) is 6.76. The Hall–Kier alpha value is -2.34. The van der Waals surface area contributed by atoms with Gasteiger partial charge in [-0.1, -0.05) is 6.08 Å². The molecule has 6 heteroatoms. The van der Waals surface area contributed by atoms with Crippen molar-refractivity contribution < 1.29 is 4.39 Å². The molecule has 0 aliphatic carbocycles. The van der Waals surface area contributed by atoms with Crippen LogP contribution in [0.5, 0.6) is 0 Å². The topological polar surface area (TPSA) is 55.4 Å². The smallest absolute Gasteiger partial charge is 0.191 e. The number of hydrogen-bond donors (Lipinski definition) is 3. The molecule has 0 atom stereocenters. The van der Waals surface area contributed by atoms with E-state index in [1.807, 2.05) is 12.3 Å². The Morgan fingerprint density at radius 3 is 2.96 bits per heavy atom.